The number of rotatable bonds is 7. The van der Waals surface area contributed by atoms with E-state index < -0.39 is 0 Å². The number of carbonyl (C=O) groups excluding carboxylic acids is 1. The molecule has 4 heterocycles. The molecule has 4 aromatic rings. The Kier molecular flexibility index (Phi) is 5.23. The lowest BCUT2D eigenvalue weighted by atomic mass is 9.97. The molecule has 1 aliphatic carbocycles. The molecule has 0 bridgehead atoms. The zero-order chi connectivity index (χ0) is 25.8. The summed E-state index contributed by atoms with van der Waals surface area (Å²) in [5.41, 5.74) is 5.76. The molecule has 38 heavy (non-hydrogen) atoms. The lowest BCUT2D eigenvalue weighted by molar-refractivity contribution is 0.0995. The van der Waals surface area contributed by atoms with E-state index in [1.165, 1.54) is 0 Å². The van der Waals surface area contributed by atoms with Crippen molar-refractivity contribution in [2.45, 2.75) is 31.4 Å². The number of epoxide rings is 1. The minimum atomic E-state index is -0.0867. The summed E-state index contributed by atoms with van der Waals surface area (Å²) in [6.45, 7) is 9.17. The van der Waals surface area contributed by atoms with E-state index >= 15 is 0 Å². The number of hydrogen-bond donors (Lipinski definition) is 0. The standard InChI is InChI=1S/C29H24N6O3/c1-30-20-6-8-23(25(11-20)28-33-31-16-34(28)2)19-9-26(17-3-4-17)32-27(10-19)35-13-18-5-7-21(12-24(18)29(35)36)37-14-22-15-38-22/h5-12,16-17,22H,3-4,13-15H2,2H3/t22-/m0/s1. The SMILES string of the molecule is [C-]#[N+]c1ccc(-c2cc(C3CC3)nc(N3Cc4ccc(OC[C@H]5CO5)cc4C3=O)c2)c(-c2nncn2C)c1. The molecule has 7 rings (SSSR count). The molecule has 2 aromatic carbocycles. The van der Waals surface area contributed by atoms with Gasteiger partial charge in [0.25, 0.3) is 5.91 Å². The second-order valence-corrected chi connectivity index (χ2v) is 10.00. The van der Waals surface area contributed by atoms with Crippen molar-refractivity contribution in [3.05, 3.63) is 83.1 Å². The maximum absolute atomic E-state index is 13.6. The Morgan fingerprint density at radius 3 is 2.71 bits per heavy atom. The molecular formula is C29H24N6O3. The maximum Gasteiger partial charge on any atom is 0.260 e. The summed E-state index contributed by atoms with van der Waals surface area (Å²) in [5, 5.41) is 8.35. The number of benzene rings is 2. The fourth-order valence-corrected chi connectivity index (χ4v) is 4.89. The van der Waals surface area contributed by atoms with Crippen LogP contribution in [0.2, 0.25) is 0 Å². The van der Waals surface area contributed by atoms with E-state index in [4.69, 9.17) is 21.0 Å². The van der Waals surface area contributed by atoms with Gasteiger partial charge in [0.1, 0.15) is 30.6 Å². The van der Waals surface area contributed by atoms with Crippen LogP contribution in [0.25, 0.3) is 27.4 Å². The molecule has 0 spiro atoms. The first-order chi connectivity index (χ1) is 18.6. The van der Waals surface area contributed by atoms with E-state index in [0.29, 0.717) is 47.7 Å². The van der Waals surface area contributed by atoms with Crippen LogP contribution in [0.15, 0.2) is 54.9 Å². The van der Waals surface area contributed by atoms with Crippen LogP contribution >= 0.6 is 0 Å². The number of pyridine rings is 1. The van der Waals surface area contributed by atoms with Gasteiger partial charge in [-0.15, -0.1) is 10.2 Å². The maximum atomic E-state index is 13.6. The van der Waals surface area contributed by atoms with Crippen molar-refractivity contribution in [1.29, 1.82) is 0 Å². The largest absolute Gasteiger partial charge is 0.491 e. The van der Waals surface area contributed by atoms with Crippen molar-refractivity contribution < 1.29 is 14.3 Å². The molecule has 0 N–H and O–H groups in total. The van der Waals surface area contributed by atoms with Crippen molar-refractivity contribution in [3.63, 3.8) is 0 Å². The van der Waals surface area contributed by atoms with Gasteiger partial charge >= 0.3 is 0 Å². The van der Waals surface area contributed by atoms with Gasteiger partial charge in [-0.1, -0.05) is 18.2 Å². The van der Waals surface area contributed by atoms with E-state index in [1.807, 2.05) is 54.1 Å². The van der Waals surface area contributed by atoms with E-state index in [2.05, 4.69) is 21.1 Å². The summed E-state index contributed by atoms with van der Waals surface area (Å²) in [6.07, 6.45) is 3.97. The average Bonchev–Trinajstić information content (AvgIpc) is 3.88. The predicted molar refractivity (Wildman–Crippen MR) is 140 cm³/mol. The van der Waals surface area contributed by atoms with Crippen LogP contribution in [-0.4, -0.2) is 45.0 Å². The first kappa shape index (κ1) is 22.6. The lowest BCUT2D eigenvalue weighted by Crippen LogP contribution is -2.24. The van der Waals surface area contributed by atoms with Gasteiger partial charge in [-0.25, -0.2) is 9.83 Å². The van der Waals surface area contributed by atoms with Gasteiger partial charge in [0, 0.05) is 29.8 Å². The molecular weight excluding hydrogens is 480 g/mol. The molecule has 9 nitrogen and oxygen atoms in total. The number of nitrogens with zero attached hydrogens (tertiary/aromatic N) is 6. The van der Waals surface area contributed by atoms with Gasteiger partial charge < -0.3 is 14.0 Å². The molecule has 1 saturated heterocycles. The van der Waals surface area contributed by atoms with E-state index in [0.717, 1.165) is 47.4 Å². The van der Waals surface area contributed by atoms with Gasteiger partial charge in [0.15, 0.2) is 11.5 Å². The Morgan fingerprint density at radius 2 is 1.97 bits per heavy atom. The summed E-state index contributed by atoms with van der Waals surface area (Å²) < 4.78 is 12.9. The highest BCUT2D eigenvalue weighted by atomic mass is 16.6. The van der Waals surface area contributed by atoms with Crippen LogP contribution in [0.3, 0.4) is 0 Å². The molecule has 2 aromatic heterocycles. The number of amides is 1. The third-order valence-electron chi connectivity index (χ3n) is 7.22. The van der Waals surface area contributed by atoms with Crippen molar-refractivity contribution in [1.82, 2.24) is 19.7 Å². The molecule has 1 saturated carbocycles. The summed E-state index contributed by atoms with van der Waals surface area (Å²) in [5.74, 6) is 2.27. The monoisotopic (exact) mass is 504 g/mol. The predicted octanol–water partition coefficient (Wildman–Crippen LogP) is 4.91. The zero-order valence-electron chi connectivity index (χ0n) is 20.8. The van der Waals surface area contributed by atoms with E-state index in [1.54, 1.807) is 11.2 Å². The van der Waals surface area contributed by atoms with E-state index in [9.17, 15) is 4.79 Å². The average molecular weight is 505 g/mol. The van der Waals surface area contributed by atoms with Gasteiger partial charge in [0.2, 0.25) is 0 Å². The van der Waals surface area contributed by atoms with Crippen molar-refractivity contribution in [2.24, 2.45) is 7.05 Å². The third kappa shape index (κ3) is 4.09. The second-order valence-electron chi connectivity index (χ2n) is 10.00. The Hall–Kier alpha value is -4.55. The second kappa shape index (κ2) is 8.78. The molecule has 2 aliphatic heterocycles. The highest BCUT2D eigenvalue weighted by molar-refractivity contribution is 6.10. The highest BCUT2D eigenvalue weighted by Crippen LogP contribution is 2.43. The number of anilines is 1. The number of fused-ring (bicyclic) bond motifs is 1. The third-order valence-corrected chi connectivity index (χ3v) is 7.22. The fraction of sp³-hybridized carbons (Fsp3) is 0.276. The van der Waals surface area contributed by atoms with E-state index in [-0.39, 0.29) is 12.0 Å². The van der Waals surface area contributed by atoms with Crippen LogP contribution in [0.4, 0.5) is 11.5 Å². The molecule has 3 aliphatic rings. The Morgan fingerprint density at radius 1 is 1.11 bits per heavy atom. The Balaban J connectivity index is 1.28. The molecule has 0 radical (unpaired) electrons. The number of aryl methyl sites for hydroxylation is 1. The van der Waals surface area contributed by atoms with Crippen LogP contribution in [0, 0.1) is 6.57 Å². The smallest absolute Gasteiger partial charge is 0.260 e. The molecule has 188 valence electrons. The van der Waals surface area contributed by atoms with Crippen LogP contribution < -0.4 is 9.64 Å². The summed E-state index contributed by atoms with van der Waals surface area (Å²) in [4.78, 5) is 23.9. The van der Waals surface area contributed by atoms with Gasteiger partial charge in [0.05, 0.1) is 19.7 Å². The quantitative estimate of drug-likeness (QED) is 0.262. The van der Waals surface area contributed by atoms with Crippen molar-refractivity contribution >= 4 is 17.4 Å². The molecule has 2 fully saturated rings. The van der Waals surface area contributed by atoms with Crippen LogP contribution in [0.5, 0.6) is 5.75 Å². The minimum Gasteiger partial charge on any atom is -0.491 e. The Labute approximate surface area is 219 Å². The molecule has 1 atom stereocenters. The van der Waals surface area contributed by atoms with Gasteiger partial charge in [-0.05, 0) is 59.9 Å². The number of carbonyl (C=O) groups is 1. The highest BCUT2D eigenvalue weighted by Gasteiger charge is 2.33. The Bertz CT molecular complexity index is 1630. The van der Waals surface area contributed by atoms with Crippen molar-refractivity contribution in [2.75, 3.05) is 18.1 Å². The summed E-state index contributed by atoms with van der Waals surface area (Å²) in [6, 6.07) is 15.3. The topological polar surface area (TPSA) is 90.0 Å². The van der Waals surface area contributed by atoms with Gasteiger partial charge in [-0.2, -0.15) is 0 Å². The minimum absolute atomic E-state index is 0.0867. The normalized spacial score (nSPS) is 17.8. The number of aromatic nitrogens is 4. The van der Waals surface area contributed by atoms with Crippen LogP contribution in [0.1, 0.15) is 40.4 Å². The number of ether oxygens (including phenoxy) is 2. The van der Waals surface area contributed by atoms with Gasteiger partial charge in [-0.3, -0.25) is 9.69 Å². The lowest BCUT2D eigenvalue weighted by Gasteiger charge is -2.18. The summed E-state index contributed by atoms with van der Waals surface area (Å²) in [7, 11) is 1.88. The zero-order valence-corrected chi connectivity index (χ0v) is 20.8. The first-order valence-electron chi connectivity index (χ1n) is 12.6. The first-order valence-corrected chi connectivity index (χ1v) is 12.6. The number of hydrogen-bond acceptors (Lipinski definition) is 6. The molecule has 1 amide bonds. The molecule has 0 unspecified atom stereocenters. The van der Waals surface area contributed by atoms with Crippen molar-refractivity contribution in [3.8, 4) is 28.3 Å². The van der Waals surface area contributed by atoms with Crippen LogP contribution in [-0.2, 0) is 18.3 Å². The summed E-state index contributed by atoms with van der Waals surface area (Å²) >= 11 is 0. The fourth-order valence-electron chi connectivity index (χ4n) is 4.89. The molecule has 9 heteroatoms.